The SMILES string of the molecule is Cc1ccccc1NC(N)=N[C@@H]1C[C@H]2CC[C@]1(C)C2(C)C. The van der Waals surface area contributed by atoms with Gasteiger partial charge in [0.05, 0.1) is 6.04 Å². The number of aliphatic imine (C=N–C) groups is 1. The first-order chi connectivity index (χ1) is 9.84. The highest BCUT2D eigenvalue weighted by atomic mass is 15.1. The van der Waals surface area contributed by atoms with Gasteiger partial charge in [0.1, 0.15) is 0 Å². The molecule has 21 heavy (non-hydrogen) atoms. The lowest BCUT2D eigenvalue weighted by atomic mass is 9.69. The molecule has 2 fully saturated rings. The Labute approximate surface area is 128 Å². The van der Waals surface area contributed by atoms with Gasteiger partial charge in [-0.15, -0.1) is 0 Å². The third-order valence-electron chi connectivity index (χ3n) is 6.45. The fourth-order valence-corrected chi connectivity index (χ4v) is 4.41. The van der Waals surface area contributed by atoms with Crippen LogP contribution in [0.2, 0.25) is 0 Å². The van der Waals surface area contributed by atoms with Gasteiger partial charge in [-0.1, -0.05) is 39.0 Å². The second-order valence-corrected chi connectivity index (χ2v) is 7.58. The van der Waals surface area contributed by atoms with Crippen molar-refractivity contribution >= 4 is 11.6 Å². The van der Waals surface area contributed by atoms with Gasteiger partial charge in [-0.05, 0) is 54.6 Å². The summed E-state index contributed by atoms with van der Waals surface area (Å²) in [5.74, 6) is 1.35. The highest BCUT2D eigenvalue weighted by molar-refractivity contribution is 5.93. The standard InChI is InChI=1S/C18H27N3/c1-12-7-5-6-8-14(12)20-16(19)21-15-11-13-9-10-18(15,4)17(13,2)3/h5-8,13,15H,9-11H2,1-4H3,(H3,19,20,21)/t13-,15-,18+/m1/s1. The van der Waals surface area contributed by atoms with Crippen LogP contribution in [-0.2, 0) is 0 Å². The van der Waals surface area contributed by atoms with Crippen LogP contribution in [0.15, 0.2) is 29.3 Å². The maximum absolute atomic E-state index is 6.17. The highest BCUT2D eigenvalue weighted by Crippen LogP contribution is 2.66. The van der Waals surface area contributed by atoms with E-state index >= 15 is 0 Å². The number of fused-ring (bicyclic) bond motifs is 2. The molecule has 0 radical (unpaired) electrons. The van der Waals surface area contributed by atoms with E-state index in [4.69, 9.17) is 10.7 Å². The molecule has 1 aromatic carbocycles. The van der Waals surface area contributed by atoms with E-state index in [0.29, 0.717) is 17.4 Å². The minimum Gasteiger partial charge on any atom is -0.370 e. The molecule has 114 valence electrons. The van der Waals surface area contributed by atoms with Gasteiger partial charge >= 0.3 is 0 Å². The number of guanidine groups is 1. The Hall–Kier alpha value is -1.51. The fourth-order valence-electron chi connectivity index (χ4n) is 4.41. The van der Waals surface area contributed by atoms with Crippen LogP contribution >= 0.6 is 0 Å². The molecule has 1 aromatic rings. The Morgan fingerprint density at radius 2 is 2.00 bits per heavy atom. The van der Waals surface area contributed by atoms with Crippen molar-refractivity contribution in [2.45, 2.75) is 53.0 Å². The molecule has 0 saturated heterocycles. The molecule has 2 bridgehead atoms. The van der Waals surface area contributed by atoms with Crippen LogP contribution in [0.5, 0.6) is 0 Å². The molecule has 3 atom stereocenters. The minimum atomic E-state index is 0.287. The number of hydrogen-bond donors (Lipinski definition) is 2. The summed E-state index contributed by atoms with van der Waals surface area (Å²) in [5.41, 5.74) is 9.08. The van der Waals surface area contributed by atoms with Crippen molar-refractivity contribution in [3.63, 3.8) is 0 Å². The molecule has 0 aromatic heterocycles. The third-order valence-corrected chi connectivity index (χ3v) is 6.45. The second-order valence-electron chi connectivity index (χ2n) is 7.58. The van der Waals surface area contributed by atoms with E-state index < -0.39 is 0 Å². The second kappa shape index (κ2) is 4.75. The molecule has 3 N–H and O–H groups in total. The summed E-state index contributed by atoms with van der Waals surface area (Å²) in [7, 11) is 0. The predicted molar refractivity (Wildman–Crippen MR) is 89.4 cm³/mol. The molecular formula is C18H27N3. The van der Waals surface area contributed by atoms with Crippen LogP contribution in [0.4, 0.5) is 5.69 Å². The number of rotatable bonds is 2. The first-order valence-corrected chi connectivity index (χ1v) is 8.00. The average Bonchev–Trinajstić information content (AvgIpc) is 2.74. The van der Waals surface area contributed by atoms with Crippen molar-refractivity contribution in [1.29, 1.82) is 0 Å². The fraction of sp³-hybridized carbons (Fsp3) is 0.611. The van der Waals surface area contributed by atoms with Crippen molar-refractivity contribution < 1.29 is 0 Å². The molecule has 3 rings (SSSR count). The summed E-state index contributed by atoms with van der Waals surface area (Å²) >= 11 is 0. The zero-order chi connectivity index (χ0) is 15.3. The zero-order valence-corrected chi connectivity index (χ0v) is 13.6. The predicted octanol–water partition coefficient (Wildman–Crippen LogP) is 3.94. The quantitative estimate of drug-likeness (QED) is 0.639. The first kappa shape index (κ1) is 14.4. The number of nitrogens with one attached hydrogen (secondary N) is 1. The van der Waals surface area contributed by atoms with Gasteiger partial charge in [-0.25, -0.2) is 4.99 Å². The Morgan fingerprint density at radius 1 is 1.29 bits per heavy atom. The van der Waals surface area contributed by atoms with E-state index in [1.165, 1.54) is 24.8 Å². The lowest BCUT2D eigenvalue weighted by Crippen LogP contribution is -2.37. The van der Waals surface area contributed by atoms with E-state index in [-0.39, 0.29) is 5.41 Å². The number of aryl methyl sites for hydroxylation is 1. The summed E-state index contributed by atoms with van der Waals surface area (Å²) in [6.07, 6.45) is 3.80. The Kier molecular flexibility index (Phi) is 3.27. The third kappa shape index (κ3) is 2.14. The normalized spacial score (nSPS) is 34.2. The smallest absolute Gasteiger partial charge is 0.193 e. The van der Waals surface area contributed by atoms with Crippen LogP contribution in [0.1, 0.15) is 45.6 Å². The number of benzene rings is 1. The van der Waals surface area contributed by atoms with Gasteiger partial charge < -0.3 is 11.1 Å². The van der Waals surface area contributed by atoms with Crippen molar-refractivity contribution in [2.75, 3.05) is 5.32 Å². The van der Waals surface area contributed by atoms with Crippen LogP contribution in [0.3, 0.4) is 0 Å². The summed E-state index contributed by atoms with van der Waals surface area (Å²) in [6, 6.07) is 8.53. The van der Waals surface area contributed by atoms with Gasteiger partial charge in [-0.2, -0.15) is 0 Å². The molecule has 2 aliphatic carbocycles. The van der Waals surface area contributed by atoms with Crippen molar-refractivity contribution in [3.05, 3.63) is 29.8 Å². The highest BCUT2D eigenvalue weighted by Gasteiger charge is 2.61. The molecule has 3 heteroatoms. The van der Waals surface area contributed by atoms with E-state index in [0.717, 1.165) is 11.6 Å². The molecule has 0 heterocycles. The molecule has 3 nitrogen and oxygen atoms in total. The number of nitrogens with zero attached hydrogens (tertiary/aromatic N) is 1. The molecule has 2 aliphatic rings. The largest absolute Gasteiger partial charge is 0.370 e. The molecule has 2 saturated carbocycles. The van der Waals surface area contributed by atoms with Crippen molar-refractivity contribution in [2.24, 2.45) is 27.5 Å². The number of anilines is 1. The first-order valence-electron chi connectivity index (χ1n) is 8.00. The minimum absolute atomic E-state index is 0.287. The summed E-state index contributed by atoms with van der Waals surface area (Å²) in [4.78, 5) is 4.85. The van der Waals surface area contributed by atoms with E-state index in [1.54, 1.807) is 0 Å². The monoisotopic (exact) mass is 285 g/mol. The summed E-state index contributed by atoms with van der Waals surface area (Å²) in [6.45, 7) is 9.29. The molecular weight excluding hydrogens is 258 g/mol. The zero-order valence-electron chi connectivity index (χ0n) is 13.6. The van der Waals surface area contributed by atoms with Gasteiger partial charge in [-0.3, -0.25) is 0 Å². The van der Waals surface area contributed by atoms with Crippen LogP contribution in [0.25, 0.3) is 0 Å². The van der Waals surface area contributed by atoms with Gasteiger partial charge in [0.15, 0.2) is 5.96 Å². The topological polar surface area (TPSA) is 50.4 Å². The van der Waals surface area contributed by atoms with Crippen molar-refractivity contribution in [3.8, 4) is 0 Å². The maximum Gasteiger partial charge on any atom is 0.193 e. The Balaban J connectivity index is 1.79. The van der Waals surface area contributed by atoms with Crippen LogP contribution < -0.4 is 11.1 Å². The lowest BCUT2D eigenvalue weighted by Gasteiger charge is -2.37. The van der Waals surface area contributed by atoms with Gasteiger partial charge in [0.25, 0.3) is 0 Å². The van der Waals surface area contributed by atoms with E-state index in [2.05, 4.69) is 39.1 Å². The Bertz CT molecular complexity index is 576. The lowest BCUT2D eigenvalue weighted by molar-refractivity contribution is 0.137. The van der Waals surface area contributed by atoms with E-state index in [1.807, 2.05) is 18.2 Å². The van der Waals surface area contributed by atoms with E-state index in [9.17, 15) is 0 Å². The average molecular weight is 285 g/mol. The van der Waals surface area contributed by atoms with Gasteiger partial charge in [0, 0.05) is 5.69 Å². The van der Waals surface area contributed by atoms with Crippen LogP contribution in [0, 0.1) is 23.7 Å². The summed E-state index contributed by atoms with van der Waals surface area (Å²) in [5, 5.41) is 3.27. The number of hydrogen-bond acceptors (Lipinski definition) is 1. The number of para-hydroxylation sites is 1. The number of nitrogens with two attached hydrogens (primary N) is 1. The molecule has 0 unspecified atom stereocenters. The molecule has 0 spiro atoms. The van der Waals surface area contributed by atoms with Gasteiger partial charge in [0.2, 0.25) is 0 Å². The molecule has 0 amide bonds. The summed E-state index contributed by atoms with van der Waals surface area (Å²) < 4.78 is 0. The van der Waals surface area contributed by atoms with Crippen LogP contribution in [-0.4, -0.2) is 12.0 Å². The molecule has 0 aliphatic heterocycles. The van der Waals surface area contributed by atoms with Crippen molar-refractivity contribution in [1.82, 2.24) is 0 Å². The Morgan fingerprint density at radius 3 is 2.57 bits per heavy atom. The maximum atomic E-state index is 6.17.